The third kappa shape index (κ3) is 2.97. The molecule has 0 spiro atoms. The van der Waals surface area contributed by atoms with Gasteiger partial charge in [0.2, 0.25) is 0 Å². The molecule has 3 rings (SSSR count). The fraction of sp³-hybridized carbons (Fsp3) is 0.214. The van der Waals surface area contributed by atoms with E-state index in [4.69, 9.17) is 19.0 Å². The number of carbonyl (C=O) groups is 1. The van der Waals surface area contributed by atoms with Crippen molar-refractivity contribution in [1.29, 1.82) is 0 Å². The molecule has 0 radical (unpaired) electrons. The molecule has 2 N–H and O–H groups in total. The summed E-state index contributed by atoms with van der Waals surface area (Å²) < 4.78 is 17.0. The van der Waals surface area contributed by atoms with Crippen LogP contribution < -0.4 is 14.8 Å². The topological polar surface area (TPSA) is 80.9 Å². The minimum atomic E-state index is -1.01. The zero-order chi connectivity index (χ0) is 14.8. The predicted molar refractivity (Wildman–Crippen MR) is 78.1 cm³/mol. The molecule has 0 fully saturated rings. The normalized spacial score (nSPS) is 13.0. The van der Waals surface area contributed by atoms with Gasteiger partial charge in [-0.15, -0.1) is 0 Å². The van der Waals surface area contributed by atoms with Gasteiger partial charge in [0, 0.05) is 16.6 Å². The van der Waals surface area contributed by atoms with E-state index >= 15 is 0 Å². The van der Waals surface area contributed by atoms with Crippen molar-refractivity contribution in [3.05, 3.63) is 40.3 Å². The molecule has 21 heavy (non-hydrogen) atoms. The number of hydrogen-bond acceptors (Lipinski definition) is 5. The maximum Gasteiger partial charge on any atom is 0.338 e. The quantitative estimate of drug-likeness (QED) is 0.878. The molecule has 7 heteroatoms. The molecule has 1 aliphatic rings. The lowest BCUT2D eigenvalue weighted by molar-refractivity contribution is 0.0696. The first-order valence-corrected chi connectivity index (χ1v) is 7.06. The molecule has 110 valence electrons. The molecule has 1 aliphatic heterocycles. The molecule has 6 nitrogen and oxygen atoms in total. The van der Waals surface area contributed by atoms with E-state index in [1.807, 2.05) is 12.1 Å². The molecular weight excluding hydrogens is 342 g/mol. The summed E-state index contributed by atoms with van der Waals surface area (Å²) in [4.78, 5) is 10.8. The Morgan fingerprint density at radius 2 is 1.95 bits per heavy atom. The van der Waals surface area contributed by atoms with Crippen LogP contribution in [0.2, 0.25) is 0 Å². The molecule has 2 aromatic rings. The Labute approximate surface area is 128 Å². The number of furan rings is 1. The van der Waals surface area contributed by atoms with E-state index in [0.29, 0.717) is 37.0 Å². The Balaban J connectivity index is 1.73. The van der Waals surface area contributed by atoms with Crippen LogP contribution in [0.3, 0.4) is 0 Å². The van der Waals surface area contributed by atoms with E-state index in [2.05, 4.69) is 21.2 Å². The number of carboxylic acid groups (broad SMARTS) is 1. The summed E-state index contributed by atoms with van der Waals surface area (Å²) in [5, 5.41) is 12.0. The lowest BCUT2D eigenvalue weighted by Crippen LogP contribution is -2.15. The van der Waals surface area contributed by atoms with Gasteiger partial charge in [0.25, 0.3) is 0 Å². The molecular formula is C14H12BrNO5. The summed E-state index contributed by atoms with van der Waals surface area (Å²) in [5.74, 6) is 0.905. The second-order valence-electron chi connectivity index (χ2n) is 4.44. The van der Waals surface area contributed by atoms with Crippen molar-refractivity contribution in [2.75, 3.05) is 18.5 Å². The number of nitrogens with one attached hydrogen (secondary N) is 1. The summed E-state index contributed by atoms with van der Waals surface area (Å²) in [6, 6.07) is 5.16. The summed E-state index contributed by atoms with van der Waals surface area (Å²) in [6.45, 7) is 1.43. The number of ether oxygens (including phenoxy) is 2. The van der Waals surface area contributed by atoms with Crippen molar-refractivity contribution >= 4 is 27.6 Å². The van der Waals surface area contributed by atoms with Gasteiger partial charge >= 0.3 is 5.97 Å². The van der Waals surface area contributed by atoms with Gasteiger partial charge in [0.15, 0.2) is 11.5 Å². The minimum Gasteiger partial charge on any atom is -0.486 e. The highest BCUT2D eigenvalue weighted by atomic mass is 79.9. The fourth-order valence-electron chi connectivity index (χ4n) is 1.97. The standard InChI is InChI=1S/C14H12BrNO5/c15-10-4-12-13(20-2-1-19-12)5-11(10)16-6-9-3-8(7-21-9)14(17)18/h3-5,7,16H,1-2,6H2,(H,17,18). The van der Waals surface area contributed by atoms with Gasteiger partial charge in [-0.25, -0.2) is 4.79 Å². The smallest absolute Gasteiger partial charge is 0.338 e. The summed E-state index contributed by atoms with van der Waals surface area (Å²) in [5.41, 5.74) is 0.945. The average molecular weight is 354 g/mol. The second-order valence-corrected chi connectivity index (χ2v) is 5.29. The van der Waals surface area contributed by atoms with E-state index in [-0.39, 0.29) is 5.56 Å². The summed E-state index contributed by atoms with van der Waals surface area (Å²) >= 11 is 3.45. The molecule has 2 heterocycles. The van der Waals surface area contributed by atoms with Gasteiger partial charge in [-0.2, -0.15) is 0 Å². The highest BCUT2D eigenvalue weighted by molar-refractivity contribution is 9.10. The van der Waals surface area contributed by atoms with Crippen molar-refractivity contribution in [3.8, 4) is 11.5 Å². The molecule has 0 saturated heterocycles. The zero-order valence-corrected chi connectivity index (χ0v) is 12.5. The lowest BCUT2D eigenvalue weighted by Gasteiger charge is -2.20. The van der Waals surface area contributed by atoms with Crippen molar-refractivity contribution < 1.29 is 23.8 Å². The highest BCUT2D eigenvalue weighted by Crippen LogP contribution is 2.38. The van der Waals surface area contributed by atoms with Gasteiger partial charge in [-0.3, -0.25) is 0 Å². The van der Waals surface area contributed by atoms with Crippen LogP contribution in [0.4, 0.5) is 5.69 Å². The molecule has 0 aliphatic carbocycles. The van der Waals surface area contributed by atoms with Gasteiger partial charge in [-0.05, 0) is 22.0 Å². The number of hydrogen-bond donors (Lipinski definition) is 2. The molecule has 0 bridgehead atoms. The first-order chi connectivity index (χ1) is 10.1. The van der Waals surface area contributed by atoms with E-state index in [0.717, 1.165) is 10.2 Å². The third-order valence-electron chi connectivity index (χ3n) is 2.99. The molecule has 1 aromatic heterocycles. The Hall–Kier alpha value is -2.15. The Bertz CT molecular complexity index is 682. The number of aromatic carboxylic acids is 1. The first-order valence-electron chi connectivity index (χ1n) is 6.27. The number of carboxylic acids is 1. The predicted octanol–water partition coefficient (Wildman–Crippen LogP) is 3.12. The maximum atomic E-state index is 10.8. The number of benzene rings is 1. The number of anilines is 1. The lowest BCUT2D eigenvalue weighted by atomic mass is 10.2. The number of rotatable bonds is 4. The Morgan fingerprint density at radius 3 is 2.62 bits per heavy atom. The van der Waals surface area contributed by atoms with Gasteiger partial charge in [-0.1, -0.05) is 0 Å². The molecule has 0 unspecified atom stereocenters. The summed E-state index contributed by atoms with van der Waals surface area (Å²) in [7, 11) is 0. The van der Waals surface area contributed by atoms with Crippen molar-refractivity contribution in [3.63, 3.8) is 0 Å². The third-order valence-corrected chi connectivity index (χ3v) is 3.64. The van der Waals surface area contributed by atoms with E-state index in [1.54, 1.807) is 0 Å². The van der Waals surface area contributed by atoms with Crippen LogP contribution in [0.25, 0.3) is 0 Å². The van der Waals surface area contributed by atoms with Crippen LogP contribution in [0.5, 0.6) is 11.5 Å². The maximum absolute atomic E-state index is 10.8. The largest absolute Gasteiger partial charge is 0.486 e. The molecule has 0 saturated carbocycles. The van der Waals surface area contributed by atoms with Crippen LogP contribution >= 0.6 is 15.9 Å². The molecule has 0 atom stereocenters. The highest BCUT2D eigenvalue weighted by Gasteiger charge is 2.15. The van der Waals surface area contributed by atoms with Gasteiger partial charge in [0.05, 0.1) is 17.8 Å². The Morgan fingerprint density at radius 1 is 1.24 bits per heavy atom. The van der Waals surface area contributed by atoms with Crippen LogP contribution in [0.15, 0.2) is 33.4 Å². The Kier molecular flexibility index (Phi) is 3.74. The second kappa shape index (κ2) is 5.69. The van der Waals surface area contributed by atoms with E-state index in [9.17, 15) is 4.79 Å². The van der Waals surface area contributed by atoms with E-state index in [1.165, 1.54) is 12.3 Å². The molecule has 0 amide bonds. The van der Waals surface area contributed by atoms with Crippen molar-refractivity contribution in [2.45, 2.75) is 6.54 Å². The minimum absolute atomic E-state index is 0.132. The van der Waals surface area contributed by atoms with Crippen LogP contribution in [-0.2, 0) is 6.54 Å². The van der Waals surface area contributed by atoms with Gasteiger partial charge in [0.1, 0.15) is 25.2 Å². The monoisotopic (exact) mass is 353 g/mol. The van der Waals surface area contributed by atoms with Crippen LogP contribution in [-0.4, -0.2) is 24.3 Å². The summed E-state index contributed by atoms with van der Waals surface area (Å²) in [6.07, 6.45) is 1.22. The number of halogens is 1. The van der Waals surface area contributed by atoms with Crippen LogP contribution in [0.1, 0.15) is 16.1 Å². The number of fused-ring (bicyclic) bond motifs is 1. The first kappa shape index (κ1) is 13.8. The van der Waals surface area contributed by atoms with Crippen molar-refractivity contribution in [1.82, 2.24) is 0 Å². The average Bonchev–Trinajstić information content (AvgIpc) is 2.94. The fourth-order valence-corrected chi connectivity index (χ4v) is 2.43. The van der Waals surface area contributed by atoms with Crippen LogP contribution in [0, 0.1) is 0 Å². The van der Waals surface area contributed by atoms with E-state index < -0.39 is 5.97 Å². The van der Waals surface area contributed by atoms with Crippen molar-refractivity contribution in [2.24, 2.45) is 0 Å². The molecule has 1 aromatic carbocycles. The van der Waals surface area contributed by atoms with Gasteiger partial charge < -0.3 is 24.3 Å². The zero-order valence-electron chi connectivity index (χ0n) is 10.9. The SMILES string of the molecule is O=C(O)c1coc(CNc2cc3c(cc2Br)OCCO3)c1.